The van der Waals surface area contributed by atoms with Crippen molar-refractivity contribution in [3.05, 3.63) is 111 Å². The van der Waals surface area contributed by atoms with Crippen LogP contribution in [0.5, 0.6) is 0 Å². The van der Waals surface area contributed by atoms with Gasteiger partial charge in [-0.3, -0.25) is 9.29 Å². The molecule has 38 heavy (non-hydrogen) atoms. The third-order valence-corrected chi connectivity index (χ3v) is 8.63. The molecule has 0 saturated carbocycles. The quantitative estimate of drug-likeness (QED) is 0.267. The fourth-order valence-electron chi connectivity index (χ4n) is 6.28. The van der Waals surface area contributed by atoms with Gasteiger partial charge in [-0.2, -0.15) is 0 Å². The molecule has 1 saturated heterocycles. The second-order valence-corrected chi connectivity index (χ2v) is 11.1. The molecule has 1 N–H and O–H groups in total. The van der Waals surface area contributed by atoms with E-state index in [4.69, 9.17) is 11.6 Å². The van der Waals surface area contributed by atoms with Crippen LogP contribution in [-0.2, 0) is 6.42 Å². The first-order valence-electron chi connectivity index (χ1n) is 13.8. The van der Waals surface area contributed by atoms with Gasteiger partial charge in [0.05, 0.1) is 6.67 Å². The molecule has 6 rings (SSSR count). The molecule has 1 fully saturated rings. The normalized spacial score (nSPS) is 17.4. The first-order chi connectivity index (χ1) is 18.6. The number of H-pyrrole nitrogens is 1. The number of aromatic amines is 1. The summed E-state index contributed by atoms with van der Waals surface area (Å²) in [7, 11) is 0. The van der Waals surface area contributed by atoms with Gasteiger partial charge < -0.3 is 4.98 Å². The molecule has 0 unspecified atom stereocenters. The molecule has 1 aliphatic heterocycles. The van der Waals surface area contributed by atoms with E-state index in [-0.39, 0.29) is 6.67 Å². The molecule has 0 radical (unpaired) electrons. The number of allylic oxidation sites excluding steroid dienone is 1. The highest BCUT2D eigenvalue weighted by molar-refractivity contribution is 6.31. The second kappa shape index (κ2) is 10.9. The van der Waals surface area contributed by atoms with Crippen molar-refractivity contribution in [1.29, 1.82) is 0 Å². The average molecular weight is 525 g/mol. The molecule has 1 aliphatic carbocycles. The van der Waals surface area contributed by atoms with Gasteiger partial charge in [-0.05, 0) is 102 Å². The third-order valence-electron chi connectivity index (χ3n) is 8.22. The Morgan fingerprint density at radius 2 is 1.84 bits per heavy atom. The Balaban J connectivity index is 1.44. The number of rotatable bonds is 6. The number of alkyl halides is 1. The topological polar surface area (TPSA) is 19.0 Å². The lowest BCUT2D eigenvalue weighted by atomic mass is 9.85. The van der Waals surface area contributed by atoms with Crippen LogP contribution in [0.1, 0.15) is 59.1 Å². The summed E-state index contributed by atoms with van der Waals surface area (Å²) in [5.74, 6) is 0. The Morgan fingerprint density at radius 3 is 2.68 bits per heavy atom. The van der Waals surface area contributed by atoms with E-state index in [2.05, 4.69) is 77.5 Å². The van der Waals surface area contributed by atoms with E-state index in [1.54, 1.807) is 0 Å². The van der Waals surface area contributed by atoms with Gasteiger partial charge in [0.15, 0.2) is 0 Å². The number of hydrogen-bond donors (Lipinski definition) is 1. The van der Waals surface area contributed by atoms with Gasteiger partial charge in [0.2, 0.25) is 0 Å². The number of nitrogens with one attached hydrogen (secondary N) is 1. The molecule has 2 heterocycles. The summed E-state index contributed by atoms with van der Waals surface area (Å²) < 4.78 is 12.6. The highest BCUT2D eigenvalue weighted by Crippen LogP contribution is 2.43. The second-order valence-electron chi connectivity index (χ2n) is 10.6. The molecule has 1 aromatic heterocycles. The van der Waals surface area contributed by atoms with Gasteiger partial charge in [-0.1, -0.05) is 65.7 Å². The SMILES string of the molecule is Cc1c(Cl)cccc1C1=C(c2ccc(/C=C3/CCN(CCCF)C3)cc2)c2ccc3[nH]ccc3c2CCC1. The third kappa shape index (κ3) is 4.86. The molecule has 0 amide bonds. The number of likely N-dealkylation sites (tertiary alicyclic amines) is 1. The van der Waals surface area contributed by atoms with Gasteiger partial charge in [0.1, 0.15) is 0 Å². The number of aromatic nitrogens is 1. The van der Waals surface area contributed by atoms with Crippen LogP contribution in [0.2, 0.25) is 5.02 Å². The van der Waals surface area contributed by atoms with Gasteiger partial charge in [0.25, 0.3) is 0 Å². The minimum Gasteiger partial charge on any atom is -0.361 e. The van der Waals surface area contributed by atoms with Crippen LogP contribution in [0.25, 0.3) is 28.1 Å². The first-order valence-corrected chi connectivity index (χ1v) is 14.2. The van der Waals surface area contributed by atoms with Crippen LogP contribution in [0, 0.1) is 6.92 Å². The maximum atomic E-state index is 12.6. The van der Waals surface area contributed by atoms with Crippen LogP contribution in [0.15, 0.2) is 72.4 Å². The molecular formula is C34H34ClFN2. The van der Waals surface area contributed by atoms with Gasteiger partial charge in [-0.15, -0.1) is 0 Å². The fraction of sp³-hybridized carbons (Fsp3) is 0.294. The molecule has 4 aromatic rings. The van der Waals surface area contributed by atoms with Gasteiger partial charge in [-0.25, -0.2) is 0 Å². The number of aryl methyl sites for hydroxylation is 1. The van der Waals surface area contributed by atoms with Crippen LogP contribution in [0.3, 0.4) is 0 Å². The zero-order valence-corrected chi connectivity index (χ0v) is 22.8. The van der Waals surface area contributed by atoms with E-state index in [9.17, 15) is 4.39 Å². The molecule has 3 aromatic carbocycles. The number of benzene rings is 3. The molecule has 2 nitrogen and oxygen atoms in total. The molecule has 194 valence electrons. The summed E-state index contributed by atoms with van der Waals surface area (Å²) >= 11 is 6.62. The largest absolute Gasteiger partial charge is 0.361 e. The zero-order chi connectivity index (χ0) is 26.1. The summed E-state index contributed by atoms with van der Waals surface area (Å²) in [4.78, 5) is 5.75. The molecule has 2 aliphatic rings. The lowest BCUT2D eigenvalue weighted by Crippen LogP contribution is -2.20. The molecular weight excluding hydrogens is 491 g/mol. The van der Waals surface area contributed by atoms with Gasteiger partial charge >= 0.3 is 0 Å². The summed E-state index contributed by atoms with van der Waals surface area (Å²) in [6, 6.07) is 22.1. The molecule has 0 bridgehead atoms. The van der Waals surface area contributed by atoms with Crippen LogP contribution in [-0.4, -0.2) is 36.2 Å². The number of hydrogen-bond acceptors (Lipinski definition) is 1. The summed E-state index contributed by atoms with van der Waals surface area (Å²) in [5, 5.41) is 2.14. The van der Waals surface area contributed by atoms with Crippen molar-refractivity contribution in [3.63, 3.8) is 0 Å². The Morgan fingerprint density at radius 1 is 0.974 bits per heavy atom. The highest BCUT2D eigenvalue weighted by Gasteiger charge is 2.23. The summed E-state index contributed by atoms with van der Waals surface area (Å²) in [5.41, 5.74) is 13.0. The van der Waals surface area contributed by atoms with Crippen LogP contribution in [0.4, 0.5) is 4.39 Å². The number of fused-ring (bicyclic) bond motifs is 3. The van der Waals surface area contributed by atoms with Crippen molar-refractivity contribution < 1.29 is 4.39 Å². The van der Waals surface area contributed by atoms with E-state index >= 15 is 0 Å². The van der Waals surface area contributed by atoms with Crippen molar-refractivity contribution in [2.45, 2.75) is 39.0 Å². The lowest BCUT2D eigenvalue weighted by Gasteiger charge is -2.19. The van der Waals surface area contributed by atoms with E-state index in [1.165, 1.54) is 55.4 Å². The number of halogens is 2. The van der Waals surface area contributed by atoms with Crippen molar-refractivity contribution in [2.75, 3.05) is 26.3 Å². The van der Waals surface area contributed by atoms with Crippen molar-refractivity contribution in [3.8, 4) is 0 Å². The Kier molecular flexibility index (Phi) is 7.23. The van der Waals surface area contributed by atoms with Crippen LogP contribution < -0.4 is 0 Å². The van der Waals surface area contributed by atoms with Crippen LogP contribution >= 0.6 is 11.6 Å². The van der Waals surface area contributed by atoms with E-state index in [0.29, 0.717) is 6.42 Å². The van der Waals surface area contributed by atoms with E-state index in [0.717, 1.165) is 55.9 Å². The molecule has 4 heteroatoms. The van der Waals surface area contributed by atoms with E-state index in [1.807, 2.05) is 12.3 Å². The number of nitrogens with zero attached hydrogens (tertiary/aromatic N) is 1. The minimum absolute atomic E-state index is 0.234. The lowest BCUT2D eigenvalue weighted by molar-refractivity contribution is 0.317. The van der Waals surface area contributed by atoms with E-state index < -0.39 is 0 Å². The Hall–Kier alpha value is -3.14. The Bertz CT molecular complexity index is 1530. The average Bonchev–Trinajstić information content (AvgIpc) is 3.55. The molecule has 0 spiro atoms. The summed E-state index contributed by atoms with van der Waals surface area (Å²) in [6.07, 6.45) is 9.23. The predicted octanol–water partition coefficient (Wildman–Crippen LogP) is 8.87. The monoisotopic (exact) mass is 524 g/mol. The van der Waals surface area contributed by atoms with Crippen molar-refractivity contribution >= 4 is 39.7 Å². The standard InChI is InChI=1S/C34H34ClFN2/c1-23-27(5-3-8-32(23)35)30-7-2-6-28-29-15-18-37-33(29)14-13-31(28)34(30)26-11-9-24(10-12-26)21-25-16-20-38(22-25)19-4-17-36/h3,5,8-15,18,21,37H,2,4,6-7,16-17,19-20,22H2,1H3/b25-21-. The van der Waals surface area contributed by atoms with Crippen molar-refractivity contribution in [2.24, 2.45) is 0 Å². The van der Waals surface area contributed by atoms with Crippen molar-refractivity contribution in [1.82, 2.24) is 9.88 Å². The zero-order valence-electron chi connectivity index (χ0n) is 22.0. The first kappa shape index (κ1) is 25.2. The predicted molar refractivity (Wildman–Crippen MR) is 159 cm³/mol. The summed E-state index contributed by atoms with van der Waals surface area (Å²) in [6.45, 7) is 4.73. The van der Waals surface area contributed by atoms with Gasteiger partial charge in [0, 0.05) is 41.8 Å². The minimum atomic E-state index is -0.234. The fourth-order valence-corrected chi connectivity index (χ4v) is 6.46. The maximum Gasteiger partial charge on any atom is 0.0906 e. The highest BCUT2D eigenvalue weighted by atomic mass is 35.5. The smallest absolute Gasteiger partial charge is 0.0906 e. The molecule has 0 atom stereocenters. The maximum absolute atomic E-state index is 12.6. The Labute approximate surface area is 229 Å².